The molecule has 0 atom stereocenters. The Kier molecular flexibility index (Phi) is 4.61. The highest BCUT2D eigenvalue weighted by molar-refractivity contribution is 6.30. The van der Waals surface area contributed by atoms with E-state index in [9.17, 15) is 0 Å². The first-order chi connectivity index (χ1) is 10.8. The fourth-order valence-electron chi connectivity index (χ4n) is 2.10. The molecule has 0 aliphatic carbocycles. The van der Waals surface area contributed by atoms with Crippen molar-refractivity contribution in [3.05, 3.63) is 71.8 Å². The summed E-state index contributed by atoms with van der Waals surface area (Å²) < 4.78 is 0. The number of nitrogens with zero attached hydrogens (tertiary/aromatic N) is 3. The predicted molar refractivity (Wildman–Crippen MR) is 88.9 cm³/mol. The molecule has 0 saturated heterocycles. The van der Waals surface area contributed by atoms with E-state index in [1.165, 1.54) is 5.56 Å². The summed E-state index contributed by atoms with van der Waals surface area (Å²) in [5.41, 5.74) is 3.06. The number of anilines is 1. The Morgan fingerprint density at radius 3 is 2.45 bits per heavy atom. The van der Waals surface area contributed by atoms with Gasteiger partial charge in [0.1, 0.15) is 5.82 Å². The lowest BCUT2D eigenvalue weighted by atomic mass is 10.2. The zero-order valence-corrected chi connectivity index (χ0v) is 12.7. The van der Waals surface area contributed by atoms with Crippen molar-refractivity contribution >= 4 is 17.4 Å². The third-order valence-corrected chi connectivity index (χ3v) is 3.50. The van der Waals surface area contributed by atoms with Gasteiger partial charge in [0.05, 0.1) is 18.1 Å². The number of aromatic nitrogens is 3. The van der Waals surface area contributed by atoms with Crippen LogP contribution in [-0.4, -0.2) is 21.5 Å². The van der Waals surface area contributed by atoms with Gasteiger partial charge in [-0.15, -0.1) is 0 Å². The molecule has 0 saturated carbocycles. The fourth-order valence-corrected chi connectivity index (χ4v) is 2.22. The summed E-state index contributed by atoms with van der Waals surface area (Å²) in [7, 11) is 0. The van der Waals surface area contributed by atoms with Crippen LogP contribution in [-0.2, 0) is 6.42 Å². The third-order valence-electron chi connectivity index (χ3n) is 3.24. The number of benzene rings is 1. The van der Waals surface area contributed by atoms with Gasteiger partial charge in [-0.3, -0.25) is 9.97 Å². The van der Waals surface area contributed by atoms with E-state index >= 15 is 0 Å². The van der Waals surface area contributed by atoms with Crippen LogP contribution >= 0.6 is 11.6 Å². The molecule has 3 aromatic rings. The third kappa shape index (κ3) is 3.80. The van der Waals surface area contributed by atoms with Crippen LogP contribution in [0.1, 0.15) is 5.56 Å². The van der Waals surface area contributed by atoms with Crippen LogP contribution in [0.5, 0.6) is 0 Å². The number of hydrogen-bond donors (Lipinski definition) is 1. The molecule has 2 aromatic heterocycles. The second-order valence-corrected chi connectivity index (χ2v) is 5.27. The standard InChI is InChI=1S/C17H15ClN4/c18-15-3-1-14(2-4-15)16-11-20-12-17(22-16)21-10-7-13-5-8-19-9-6-13/h1-6,8-9,11-12H,7,10H2,(H,21,22). The average molecular weight is 311 g/mol. The SMILES string of the molecule is Clc1ccc(-c2cncc(NCCc3ccncc3)n2)cc1. The van der Waals surface area contributed by atoms with Gasteiger partial charge in [0.25, 0.3) is 0 Å². The number of rotatable bonds is 5. The van der Waals surface area contributed by atoms with Crippen LogP contribution in [0.3, 0.4) is 0 Å². The van der Waals surface area contributed by atoms with Gasteiger partial charge in [-0.1, -0.05) is 23.7 Å². The molecule has 4 nitrogen and oxygen atoms in total. The van der Waals surface area contributed by atoms with Gasteiger partial charge in [-0.25, -0.2) is 4.98 Å². The molecule has 0 fully saturated rings. The highest BCUT2D eigenvalue weighted by atomic mass is 35.5. The maximum Gasteiger partial charge on any atom is 0.145 e. The van der Waals surface area contributed by atoms with Gasteiger partial charge >= 0.3 is 0 Å². The molecule has 0 amide bonds. The Bertz CT molecular complexity index is 729. The Hall–Kier alpha value is -2.46. The van der Waals surface area contributed by atoms with E-state index in [2.05, 4.69) is 20.3 Å². The summed E-state index contributed by atoms with van der Waals surface area (Å²) in [6, 6.07) is 11.6. The first-order valence-electron chi connectivity index (χ1n) is 7.02. The van der Waals surface area contributed by atoms with Crippen LogP contribution in [0.25, 0.3) is 11.3 Å². The lowest BCUT2D eigenvalue weighted by molar-refractivity contribution is 0.995. The van der Waals surface area contributed by atoms with Crippen LogP contribution in [0.2, 0.25) is 5.02 Å². The van der Waals surface area contributed by atoms with E-state index in [1.807, 2.05) is 36.4 Å². The summed E-state index contributed by atoms with van der Waals surface area (Å²) in [4.78, 5) is 12.8. The quantitative estimate of drug-likeness (QED) is 0.777. The van der Waals surface area contributed by atoms with Crippen molar-refractivity contribution in [2.24, 2.45) is 0 Å². The van der Waals surface area contributed by atoms with E-state index in [0.717, 1.165) is 30.0 Å². The molecule has 3 rings (SSSR count). The first kappa shape index (κ1) is 14.5. The Labute approximate surface area is 134 Å². The fraction of sp³-hybridized carbons (Fsp3) is 0.118. The lowest BCUT2D eigenvalue weighted by Crippen LogP contribution is -2.07. The summed E-state index contributed by atoms with van der Waals surface area (Å²) >= 11 is 5.90. The van der Waals surface area contributed by atoms with Crippen molar-refractivity contribution in [2.75, 3.05) is 11.9 Å². The molecule has 0 bridgehead atoms. The summed E-state index contributed by atoms with van der Waals surface area (Å²) in [5, 5.41) is 4.01. The molecule has 110 valence electrons. The van der Waals surface area contributed by atoms with Crippen LogP contribution < -0.4 is 5.32 Å². The monoisotopic (exact) mass is 310 g/mol. The summed E-state index contributed by atoms with van der Waals surface area (Å²) in [5.74, 6) is 0.765. The lowest BCUT2D eigenvalue weighted by Gasteiger charge is -2.07. The van der Waals surface area contributed by atoms with E-state index in [-0.39, 0.29) is 0 Å². The van der Waals surface area contributed by atoms with E-state index < -0.39 is 0 Å². The normalized spacial score (nSPS) is 10.4. The Balaban J connectivity index is 1.65. The molecule has 0 unspecified atom stereocenters. The number of pyridine rings is 1. The Morgan fingerprint density at radius 1 is 0.909 bits per heavy atom. The minimum absolute atomic E-state index is 0.711. The van der Waals surface area contributed by atoms with Gasteiger partial charge in [-0.05, 0) is 36.2 Å². The number of nitrogens with one attached hydrogen (secondary N) is 1. The van der Waals surface area contributed by atoms with Gasteiger partial charge in [0, 0.05) is 29.5 Å². The number of hydrogen-bond acceptors (Lipinski definition) is 4. The molecular weight excluding hydrogens is 296 g/mol. The molecule has 0 spiro atoms. The van der Waals surface area contributed by atoms with E-state index in [1.54, 1.807) is 24.8 Å². The molecule has 0 radical (unpaired) electrons. The first-order valence-corrected chi connectivity index (χ1v) is 7.40. The maximum atomic E-state index is 5.90. The summed E-state index contributed by atoms with van der Waals surface area (Å²) in [6.45, 7) is 0.794. The minimum Gasteiger partial charge on any atom is -0.368 e. The minimum atomic E-state index is 0.711. The molecule has 5 heteroatoms. The van der Waals surface area contributed by atoms with E-state index in [0.29, 0.717) is 5.02 Å². The van der Waals surface area contributed by atoms with Crippen molar-refractivity contribution in [2.45, 2.75) is 6.42 Å². The van der Waals surface area contributed by atoms with Gasteiger partial charge in [0.15, 0.2) is 0 Å². The second kappa shape index (κ2) is 7.00. The average Bonchev–Trinajstić information content (AvgIpc) is 2.57. The van der Waals surface area contributed by atoms with Crippen LogP contribution in [0.4, 0.5) is 5.82 Å². The number of halogens is 1. The van der Waals surface area contributed by atoms with Crippen molar-refractivity contribution in [1.29, 1.82) is 0 Å². The molecule has 1 N–H and O–H groups in total. The highest BCUT2D eigenvalue weighted by Gasteiger charge is 2.02. The molecule has 1 aromatic carbocycles. The zero-order chi connectivity index (χ0) is 15.2. The Morgan fingerprint density at radius 2 is 1.68 bits per heavy atom. The van der Waals surface area contributed by atoms with Crippen molar-refractivity contribution in [3.8, 4) is 11.3 Å². The van der Waals surface area contributed by atoms with Crippen molar-refractivity contribution < 1.29 is 0 Å². The van der Waals surface area contributed by atoms with Crippen molar-refractivity contribution in [1.82, 2.24) is 15.0 Å². The largest absolute Gasteiger partial charge is 0.368 e. The van der Waals surface area contributed by atoms with Gasteiger partial charge < -0.3 is 5.32 Å². The molecule has 0 aliphatic heterocycles. The van der Waals surface area contributed by atoms with Crippen LogP contribution in [0.15, 0.2) is 61.2 Å². The van der Waals surface area contributed by atoms with E-state index in [4.69, 9.17) is 11.6 Å². The molecule has 22 heavy (non-hydrogen) atoms. The molecular formula is C17H15ClN4. The highest BCUT2D eigenvalue weighted by Crippen LogP contribution is 2.20. The van der Waals surface area contributed by atoms with Crippen LogP contribution in [0, 0.1) is 0 Å². The molecule has 0 aliphatic rings. The second-order valence-electron chi connectivity index (χ2n) is 4.83. The topological polar surface area (TPSA) is 50.7 Å². The smallest absolute Gasteiger partial charge is 0.145 e. The van der Waals surface area contributed by atoms with Gasteiger partial charge in [0.2, 0.25) is 0 Å². The summed E-state index contributed by atoms with van der Waals surface area (Å²) in [6.07, 6.45) is 7.99. The predicted octanol–water partition coefficient (Wildman–Crippen LogP) is 3.85. The van der Waals surface area contributed by atoms with Gasteiger partial charge in [-0.2, -0.15) is 0 Å². The van der Waals surface area contributed by atoms with Crippen molar-refractivity contribution in [3.63, 3.8) is 0 Å². The maximum absolute atomic E-state index is 5.90. The molecule has 2 heterocycles. The zero-order valence-electron chi connectivity index (χ0n) is 11.9.